The second kappa shape index (κ2) is 3.94. The zero-order valence-corrected chi connectivity index (χ0v) is 9.05. The van der Waals surface area contributed by atoms with E-state index in [0.29, 0.717) is 17.9 Å². The molecule has 0 fully saturated rings. The summed E-state index contributed by atoms with van der Waals surface area (Å²) in [6.07, 6.45) is 0.791. The van der Waals surface area contributed by atoms with E-state index >= 15 is 0 Å². The Labute approximate surface area is 98.6 Å². The fourth-order valence-corrected chi connectivity index (χ4v) is 1.75. The van der Waals surface area contributed by atoms with E-state index < -0.39 is 0 Å². The van der Waals surface area contributed by atoms with Crippen molar-refractivity contribution in [2.75, 3.05) is 0 Å². The minimum Gasteiger partial charge on any atom is -0.488 e. The molecule has 0 amide bonds. The Morgan fingerprint density at radius 2 is 2.06 bits per heavy atom. The third-order valence-corrected chi connectivity index (χ3v) is 2.69. The minimum atomic E-state index is 0.548. The van der Waals surface area contributed by atoms with Gasteiger partial charge in [0.25, 0.3) is 0 Å². The number of para-hydroxylation sites is 1. The Morgan fingerprint density at radius 3 is 2.76 bits per heavy atom. The van der Waals surface area contributed by atoms with Gasteiger partial charge in [-0.05, 0) is 30.3 Å². The van der Waals surface area contributed by atoms with E-state index in [2.05, 4.69) is 0 Å². The summed E-state index contributed by atoms with van der Waals surface area (Å²) in [5.74, 6) is 2.20. The predicted octanol–water partition coefficient (Wildman–Crippen LogP) is 3.18. The Bertz CT molecular complexity index is 575. The molecule has 3 rings (SSSR count). The highest BCUT2D eigenvalue weighted by Gasteiger charge is 2.15. The van der Waals surface area contributed by atoms with Crippen molar-refractivity contribution in [3.05, 3.63) is 53.6 Å². The van der Waals surface area contributed by atoms with Gasteiger partial charge in [-0.15, -0.1) is 0 Å². The first kappa shape index (κ1) is 9.90. The number of ether oxygens (including phenoxy) is 2. The van der Waals surface area contributed by atoms with E-state index in [1.807, 2.05) is 30.3 Å². The van der Waals surface area contributed by atoms with E-state index in [4.69, 9.17) is 9.47 Å². The fraction of sp³-hybridized carbons (Fsp3) is 0.0714. The number of hydrogen-bond acceptors (Lipinski definition) is 3. The number of carbonyl (C=O) groups is 1. The molecule has 0 atom stereocenters. The van der Waals surface area contributed by atoms with E-state index in [1.54, 1.807) is 12.1 Å². The van der Waals surface area contributed by atoms with Crippen LogP contribution in [0.3, 0.4) is 0 Å². The van der Waals surface area contributed by atoms with Gasteiger partial charge in [0, 0.05) is 5.56 Å². The van der Waals surface area contributed by atoms with Gasteiger partial charge in [-0.25, -0.2) is 0 Å². The fourth-order valence-electron chi connectivity index (χ4n) is 1.75. The highest BCUT2D eigenvalue weighted by atomic mass is 16.5. The lowest BCUT2D eigenvalue weighted by Crippen LogP contribution is -2.08. The molecule has 2 aromatic carbocycles. The number of rotatable bonds is 3. The second-order valence-corrected chi connectivity index (χ2v) is 3.82. The van der Waals surface area contributed by atoms with E-state index in [9.17, 15) is 4.79 Å². The van der Waals surface area contributed by atoms with Crippen LogP contribution >= 0.6 is 0 Å². The molecule has 2 aromatic rings. The van der Waals surface area contributed by atoms with Crippen molar-refractivity contribution in [1.82, 2.24) is 0 Å². The van der Waals surface area contributed by atoms with Crippen LogP contribution in [0.15, 0.2) is 42.5 Å². The molecule has 0 aliphatic carbocycles. The van der Waals surface area contributed by atoms with Gasteiger partial charge >= 0.3 is 0 Å². The van der Waals surface area contributed by atoms with Crippen molar-refractivity contribution < 1.29 is 14.3 Å². The van der Waals surface area contributed by atoms with Crippen molar-refractivity contribution in [2.45, 2.75) is 6.61 Å². The maximum absolute atomic E-state index is 10.8. The third-order valence-electron chi connectivity index (χ3n) is 2.69. The molecular weight excluding hydrogens is 216 g/mol. The normalized spacial score (nSPS) is 12.0. The Balaban J connectivity index is 1.90. The average Bonchev–Trinajstić information content (AvgIpc) is 2.33. The topological polar surface area (TPSA) is 35.5 Å². The number of carbonyl (C=O) groups excluding carboxylic acids is 1. The molecule has 1 aliphatic rings. The van der Waals surface area contributed by atoms with Crippen molar-refractivity contribution in [3.63, 3.8) is 0 Å². The van der Waals surface area contributed by atoms with Gasteiger partial charge in [0.1, 0.15) is 23.9 Å². The monoisotopic (exact) mass is 226 g/mol. The van der Waals surface area contributed by atoms with Gasteiger partial charge in [-0.1, -0.05) is 12.1 Å². The molecule has 0 spiro atoms. The molecule has 0 bridgehead atoms. The minimum absolute atomic E-state index is 0.548. The molecule has 17 heavy (non-hydrogen) atoms. The summed E-state index contributed by atoms with van der Waals surface area (Å²) in [7, 11) is 0. The van der Waals surface area contributed by atoms with Gasteiger partial charge in [0.2, 0.25) is 0 Å². The van der Waals surface area contributed by atoms with Crippen molar-refractivity contribution in [2.24, 2.45) is 0 Å². The molecule has 0 unspecified atom stereocenters. The lowest BCUT2D eigenvalue weighted by molar-refractivity contribution is 0.112. The Hall–Kier alpha value is -2.29. The van der Waals surface area contributed by atoms with Crippen LogP contribution in [0.5, 0.6) is 17.2 Å². The van der Waals surface area contributed by atoms with E-state index in [1.165, 1.54) is 0 Å². The number of benzene rings is 2. The first-order valence-electron chi connectivity index (χ1n) is 5.34. The SMILES string of the molecule is O=Cc1ccccc1Oc1ccc2c(c1)CO2. The molecule has 84 valence electrons. The molecule has 0 aromatic heterocycles. The van der Waals surface area contributed by atoms with Crippen LogP contribution in [-0.2, 0) is 6.61 Å². The van der Waals surface area contributed by atoms with Gasteiger partial charge in [0.05, 0.1) is 5.56 Å². The molecule has 3 nitrogen and oxygen atoms in total. The smallest absolute Gasteiger partial charge is 0.153 e. The summed E-state index contributed by atoms with van der Waals surface area (Å²) in [5, 5.41) is 0. The molecule has 0 radical (unpaired) electrons. The maximum Gasteiger partial charge on any atom is 0.153 e. The standard InChI is InChI=1S/C14H10O3/c15-8-10-3-1-2-4-14(10)17-12-5-6-13-11(7-12)9-16-13/h1-8H,9H2. The van der Waals surface area contributed by atoms with Gasteiger partial charge in [-0.3, -0.25) is 4.79 Å². The highest BCUT2D eigenvalue weighted by Crippen LogP contribution is 2.34. The highest BCUT2D eigenvalue weighted by molar-refractivity contribution is 5.79. The van der Waals surface area contributed by atoms with Crippen molar-refractivity contribution >= 4 is 6.29 Å². The third kappa shape index (κ3) is 1.76. The lowest BCUT2D eigenvalue weighted by atomic mass is 10.1. The largest absolute Gasteiger partial charge is 0.488 e. The first-order valence-corrected chi connectivity index (χ1v) is 5.34. The van der Waals surface area contributed by atoms with E-state index in [-0.39, 0.29) is 0 Å². The molecule has 0 N–H and O–H groups in total. The summed E-state index contributed by atoms with van der Waals surface area (Å²) in [6, 6.07) is 12.8. The average molecular weight is 226 g/mol. The summed E-state index contributed by atoms with van der Waals surface area (Å²) in [6.45, 7) is 0.627. The zero-order valence-electron chi connectivity index (χ0n) is 9.05. The quantitative estimate of drug-likeness (QED) is 0.754. The van der Waals surface area contributed by atoms with Crippen LogP contribution in [0.4, 0.5) is 0 Å². The van der Waals surface area contributed by atoms with Crippen molar-refractivity contribution in [1.29, 1.82) is 0 Å². The summed E-state index contributed by atoms with van der Waals surface area (Å²) in [4.78, 5) is 10.8. The molecule has 0 saturated carbocycles. The van der Waals surface area contributed by atoms with Crippen molar-refractivity contribution in [3.8, 4) is 17.2 Å². The molecule has 1 heterocycles. The summed E-state index contributed by atoms with van der Waals surface area (Å²) in [5.41, 5.74) is 1.68. The van der Waals surface area contributed by atoms with Crippen LogP contribution in [-0.4, -0.2) is 6.29 Å². The van der Waals surface area contributed by atoms with Gasteiger partial charge in [0.15, 0.2) is 6.29 Å². The lowest BCUT2D eigenvalue weighted by Gasteiger charge is -2.20. The van der Waals surface area contributed by atoms with Crippen LogP contribution in [0.25, 0.3) is 0 Å². The number of aldehydes is 1. The van der Waals surface area contributed by atoms with Gasteiger partial charge in [-0.2, -0.15) is 0 Å². The summed E-state index contributed by atoms with van der Waals surface area (Å²) >= 11 is 0. The first-order chi connectivity index (χ1) is 8.36. The number of fused-ring (bicyclic) bond motifs is 1. The zero-order chi connectivity index (χ0) is 11.7. The van der Waals surface area contributed by atoms with Crippen LogP contribution in [0.2, 0.25) is 0 Å². The van der Waals surface area contributed by atoms with E-state index in [0.717, 1.165) is 23.3 Å². The van der Waals surface area contributed by atoms with Crippen LogP contribution in [0.1, 0.15) is 15.9 Å². The van der Waals surface area contributed by atoms with Crippen LogP contribution < -0.4 is 9.47 Å². The molecule has 0 saturated heterocycles. The van der Waals surface area contributed by atoms with Crippen LogP contribution in [0, 0.1) is 0 Å². The molecular formula is C14H10O3. The maximum atomic E-state index is 10.8. The molecule has 3 heteroatoms. The second-order valence-electron chi connectivity index (χ2n) is 3.82. The summed E-state index contributed by atoms with van der Waals surface area (Å²) < 4.78 is 10.9. The predicted molar refractivity (Wildman–Crippen MR) is 62.7 cm³/mol. The Morgan fingerprint density at radius 1 is 1.18 bits per heavy atom. The number of hydrogen-bond donors (Lipinski definition) is 0. The molecule has 1 aliphatic heterocycles. The van der Waals surface area contributed by atoms with Gasteiger partial charge < -0.3 is 9.47 Å². The Kier molecular flexibility index (Phi) is 2.29.